The molecule has 0 amide bonds. The van der Waals surface area contributed by atoms with Crippen molar-refractivity contribution in [1.82, 2.24) is 14.8 Å². The first-order valence-electron chi connectivity index (χ1n) is 5.85. The van der Waals surface area contributed by atoms with E-state index in [9.17, 15) is 4.79 Å². The Kier molecular flexibility index (Phi) is 4.12. The molecule has 6 nitrogen and oxygen atoms in total. The Bertz CT molecular complexity index is 549. The van der Waals surface area contributed by atoms with E-state index < -0.39 is 5.97 Å². The highest BCUT2D eigenvalue weighted by Crippen LogP contribution is 2.12. The van der Waals surface area contributed by atoms with Crippen molar-refractivity contribution in [1.29, 1.82) is 0 Å². The zero-order valence-electron chi connectivity index (χ0n) is 10.8. The van der Waals surface area contributed by atoms with Gasteiger partial charge in [-0.25, -0.2) is 4.79 Å². The molecule has 19 heavy (non-hydrogen) atoms. The highest BCUT2D eigenvalue weighted by atomic mass is 16.5. The number of carbonyl (C=O) groups excluding carboxylic acids is 1. The summed E-state index contributed by atoms with van der Waals surface area (Å²) in [5.41, 5.74) is 0.988. The Balaban J connectivity index is 2.14. The minimum atomic E-state index is -0.496. The summed E-state index contributed by atoms with van der Waals surface area (Å²) in [5.74, 6) is 0.435. The molecule has 99 valence electrons. The molecule has 0 aliphatic carbocycles. The van der Waals surface area contributed by atoms with Crippen LogP contribution in [0.4, 0.5) is 0 Å². The number of ether oxygens (including phenoxy) is 2. The summed E-state index contributed by atoms with van der Waals surface area (Å²) in [6, 6.07) is 7.51. The number of carbonyl (C=O) groups is 1. The number of rotatable bonds is 5. The fraction of sp³-hybridized carbons (Fsp3) is 0.308. The molecule has 1 aromatic heterocycles. The molecule has 0 aliphatic heterocycles. The summed E-state index contributed by atoms with van der Waals surface area (Å²) in [4.78, 5) is 11.6. The van der Waals surface area contributed by atoms with Crippen LogP contribution in [0.1, 0.15) is 23.1 Å². The molecule has 1 heterocycles. The lowest BCUT2D eigenvalue weighted by molar-refractivity contribution is 0.0506. The van der Waals surface area contributed by atoms with Gasteiger partial charge in [-0.2, -0.15) is 0 Å². The highest BCUT2D eigenvalue weighted by molar-refractivity contribution is 5.85. The lowest BCUT2D eigenvalue weighted by Gasteiger charge is -2.06. The maximum atomic E-state index is 11.6. The van der Waals surface area contributed by atoms with Gasteiger partial charge in [0.25, 0.3) is 0 Å². The fourth-order valence-electron chi connectivity index (χ4n) is 1.60. The molecule has 0 aliphatic rings. The van der Waals surface area contributed by atoms with E-state index in [-0.39, 0.29) is 5.82 Å². The number of methoxy groups -OCH3 is 1. The summed E-state index contributed by atoms with van der Waals surface area (Å²) in [5, 5.41) is 7.34. The molecule has 0 fully saturated rings. The van der Waals surface area contributed by atoms with Crippen LogP contribution in [-0.4, -0.2) is 34.5 Å². The maximum absolute atomic E-state index is 11.6. The Morgan fingerprint density at radius 3 is 2.74 bits per heavy atom. The Morgan fingerprint density at radius 2 is 2.11 bits per heavy atom. The Labute approximate surface area is 111 Å². The molecule has 2 rings (SSSR count). The SMILES string of the molecule is CCOC(=O)c1nn[c]n1Cc1ccc(OC)cc1. The second kappa shape index (κ2) is 5.99. The van der Waals surface area contributed by atoms with Crippen LogP contribution in [0.5, 0.6) is 5.75 Å². The van der Waals surface area contributed by atoms with Crippen molar-refractivity contribution in [3.05, 3.63) is 42.0 Å². The van der Waals surface area contributed by atoms with E-state index in [4.69, 9.17) is 9.47 Å². The third kappa shape index (κ3) is 3.09. The second-order valence-corrected chi connectivity index (χ2v) is 3.78. The van der Waals surface area contributed by atoms with Crippen LogP contribution in [-0.2, 0) is 11.3 Å². The topological polar surface area (TPSA) is 66.2 Å². The minimum Gasteiger partial charge on any atom is -0.497 e. The molecule has 0 spiro atoms. The van der Waals surface area contributed by atoms with Crippen LogP contribution in [0.3, 0.4) is 0 Å². The average molecular weight is 260 g/mol. The van der Waals surface area contributed by atoms with Gasteiger partial charge in [0.1, 0.15) is 5.75 Å². The predicted molar refractivity (Wildman–Crippen MR) is 66.9 cm³/mol. The Morgan fingerprint density at radius 1 is 1.37 bits per heavy atom. The smallest absolute Gasteiger partial charge is 0.376 e. The molecule has 1 radical (unpaired) electrons. The standard InChI is InChI=1S/C13H14N3O3/c1-3-19-13(17)12-15-14-9-16(12)8-10-4-6-11(18-2)7-5-10/h4-7H,3,8H2,1-2H3. The molecular weight excluding hydrogens is 246 g/mol. The van der Waals surface area contributed by atoms with E-state index in [2.05, 4.69) is 16.5 Å². The molecule has 6 heteroatoms. The van der Waals surface area contributed by atoms with Gasteiger partial charge in [-0.05, 0) is 24.6 Å². The number of benzene rings is 1. The van der Waals surface area contributed by atoms with Crippen molar-refractivity contribution in [2.45, 2.75) is 13.5 Å². The monoisotopic (exact) mass is 260 g/mol. The highest BCUT2D eigenvalue weighted by Gasteiger charge is 2.15. The third-order valence-electron chi connectivity index (χ3n) is 2.52. The van der Waals surface area contributed by atoms with E-state index >= 15 is 0 Å². The molecule has 2 aromatic rings. The summed E-state index contributed by atoms with van der Waals surface area (Å²) in [6.45, 7) is 2.49. The first kappa shape index (κ1) is 13.1. The number of esters is 1. The third-order valence-corrected chi connectivity index (χ3v) is 2.52. The average Bonchev–Trinajstić information content (AvgIpc) is 2.88. The van der Waals surface area contributed by atoms with Gasteiger partial charge in [-0.3, -0.25) is 4.57 Å². The number of hydrogen-bond acceptors (Lipinski definition) is 5. The van der Waals surface area contributed by atoms with Gasteiger partial charge in [0.2, 0.25) is 12.2 Å². The molecule has 0 N–H and O–H groups in total. The summed E-state index contributed by atoms with van der Waals surface area (Å²) in [6.07, 6.45) is 2.65. The number of hydrogen-bond donors (Lipinski definition) is 0. The zero-order chi connectivity index (χ0) is 13.7. The molecule has 0 saturated carbocycles. The van der Waals surface area contributed by atoms with Crippen LogP contribution in [0, 0.1) is 6.33 Å². The summed E-state index contributed by atoms with van der Waals surface area (Å²) < 4.78 is 11.5. The van der Waals surface area contributed by atoms with E-state index in [1.54, 1.807) is 14.0 Å². The summed E-state index contributed by atoms with van der Waals surface area (Å²) in [7, 11) is 1.61. The first-order valence-corrected chi connectivity index (χ1v) is 5.85. The lowest BCUT2D eigenvalue weighted by Crippen LogP contribution is -2.14. The second-order valence-electron chi connectivity index (χ2n) is 3.78. The summed E-state index contributed by atoms with van der Waals surface area (Å²) >= 11 is 0. The first-order chi connectivity index (χ1) is 9.24. The maximum Gasteiger partial charge on any atom is 0.376 e. The number of nitrogens with zero attached hydrogens (tertiary/aromatic N) is 3. The van der Waals surface area contributed by atoms with Gasteiger partial charge >= 0.3 is 5.97 Å². The van der Waals surface area contributed by atoms with Crippen molar-refractivity contribution < 1.29 is 14.3 Å². The molecule has 1 aromatic carbocycles. The van der Waals surface area contributed by atoms with Crippen LogP contribution >= 0.6 is 0 Å². The van der Waals surface area contributed by atoms with Crippen LogP contribution in [0.25, 0.3) is 0 Å². The molecule has 0 saturated heterocycles. The van der Waals surface area contributed by atoms with Gasteiger partial charge in [-0.1, -0.05) is 12.1 Å². The molecular formula is C13H14N3O3. The van der Waals surface area contributed by atoms with Crippen molar-refractivity contribution in [3.63, 3.8) is 0 Å². The van der Waals surface area contributed by atoms with Gasteiger partial charge in [0.15, 0.2) is 0 Å². The Hall–Kier alpha value is -2.37. The number of aromatic nitrogens is 3. The molecule has 0 bridgehead atoms. The van der Waals surface area contributed by atoms with Crippen molar-refractivity contribution in [2.24, 2.45) is 0 Å². The van der Waals surface area contributed by atoms with Crippen molar-refractivity contribution >= 4 is 5.97 Å². The quantitative estimate of drug-likeness (QED) is 0.758. The van der Waals surface area contributed by atoms with E-state index in [1.165, 1.54) is 4.57 Å². The minimum absolute atomic E-state index is 0.151. The lowest BCUT2D eigenvalue weighted by atomic mass is 10.2. The molecule has 0 unspecified atom stereocenters. The van der Waals surface area contributed by atoms with Crippen LogP contribution < -0.4 is 4.74 Å². The van der Waals surface area contributed by atoms with E-state index in [0.717, 1.165) is 11.3 Å². The van der Waals surface area contributed by atoms with Crippen LogP contribution in [0.15, 0.2) is 24.3 Å². The van der Waals surface area contributed by atoms with Gasteiger partial charge in [0.05, 0.1) is 20.3 Å². The van der Waals surface area contributed by atoms with Crippen molar-refractivity contribution in [3.8, 4) is 5.75 Å². The van der Waals surface area contributed by atoms with Crippen molar-refractivity contribution in [2.75, 3.05) is 13.7 Å². The van der Waals surface area contributed by atoms with Gasteiger partial charge in [-0.15, -0.1) is 10.2 Å². The van der Waals surface area contributed by atoms with E-state index in [0.29, 0.717) is 13.2 Å². The van der Waals surface area contributed by atoms with Gasteiger partial charge < -0.3 is 9.47 Å². The zero-order valence-corrected chi connectivity index (χ0v) is 10.8. The van der Waals surface area contributed by atoms with Crippen LogP contribution in [0.2, 0.25) is 0 Å². The van der Waals surface area contributed by atoms with E-state index in [1.807, 2.05) is 24.3 Å². The normalized spacial score (nSPS) is 10.2. The largest absolute Gasteiger partial charge is 0.497 e. The molecule has 0 atom stereocenters. The predicted octanol–water partition coefficient (Wildman–Crippen LogP) is 1.31. The van der Waals surface area contributed by atoms with Gasteiger partial charge in [0, 0.05) is 0 Å². The fourth-order valence-corrected chi connectivity index (χ4v) is 1.60.